The zero-order valence-electron chi connectivity index (χ0n) is 10.9. The van der Waals surface area contributed by atoms with E-state index in [2.05, 4.69) is 35.9 Å². The van der Waals surface area contributed by atoms with E-state index in [0.29, 0.717) is 0 Å². The Morgan fingerprint density at radius 3 is 2.94 bits per heavy atom. The lowest BCUT2D eigenvalue weighted by molar-refractivity contribution is 0.737. The monoisotopic (exact) mass is 257 g/mol. The van der Waals surface area contributed by atoms with Crippen LogP contribution in [0, 0.1) is 11.8 Å². The van der Waals surface area contributed by atoms with Gasteiger partial charge in [-0.05, 0) is 25.0 Å². The van der Waals surface area contributed by atoms with Crippen molar-refractivity contribution in [2.75, 3.05) is 0 Å². The number of unbranched alkanes of at least 4 members (excludes halogenated alkanes) is 3. The zero-order chi connectivity index (χ0) is 12.6. The highest BCUT2D eigenvalue weighted by Crippen LogP contribution is 2.23. The van der Waals surface area contributed by atoms with Gasteiger partial charge in [0.1, 0.15) is 4.83 Å². The highest BCUT2D eigenvalue weighted by Gasteiger charge is 2.00. The molecule has 0 radical (unpaired) electrons. The van der Waals surface area contributed by atoms with Crippen molar-refractivity contribution in [2.45, 2.75) is 45.4 Å². The first kappa shape index (κ1) is 13.1. The van der Waals surface area contributed by atoms with Crippen LogP contribution in [0.15, 0.2) is 24.4 Å². The summed E-state index contributed by atoms with van der Waals surface area (Å²) < 4.78 is 0. The van der Waals surface area contributed by atoms with Crippen LogP contribution in [0.3, 0.4) is 0 Å². The molecule has 0 fully saturated rings. The molecule has 0 saturated carbocycles. The van der Waals surface area contributed by atoms with E-state index in [1.807, 2.05) is 12.3 Å². The molecule has 0 aromatic carbocycles. The van der Waals surface area contributed by atoms with Crippen LogP contribution in [0.4, 0.5) is 0 Å². The summed E-state index contributed by atoms with van der Waals surface area (Å²) in [4.78, 5) is 6.90. The van der Waals surface area contributed by atoms with Gasteiger partial charge in [0.2, 0.25) is 0 Å². The molecule has 1 nitrogen and oxygen atoms in total. The van der Waals surface area contributed by atoms with Gasteiger partial charge in [0.15, 0.2) is 0 Å². The van der Waals surface area contributed by atoms with Crippen LogP contribution in [-0.2, 0) is 6.42 Å². The maximum absolute atomic E-state index is 4.36. The van der Waals surface area contributed by atoms with E-state index in [4.69, 9.17) is 0 Å². The third-order valence-electron chi connectivity index (χ3n) is 2.87. The van der Waals surface area contributed by atoms with Crippen molar-refractivity contribution in [1.82, 2.24) is 4.98 Å². The zero-order valence-corrected chi connectivity index (χ0v) is 11.7. The Morgan fingerprint density at radius 2 is 2.11 bits per heavy atom. The summed E-state index contributed by atoms with van der Waals surface area (Å²) >= 11 is 1.79. The number of pyridine rings is 1. The minimum absolute atomic E-state index is 0.971. The minimum Gasteiger partial charge on any atom is -0.245 e. The smallest absolute Gasteiger partial charge is 0.123 e. The van der Waals surface area contributed by atoms with Crippen LogP contribution in [0.25, 0.3) is 10.2 Å². The molecule has 0 amide bonds. The number of hydrogen-bond acceptors (Lipinski definition) is 2. The van der Waals surface area contributed by atoms with E-state index < -0.39 is 0 Å². The largest absolute Gasteiger partial charge is 0.245 e. The number of rotatable bonds is 5. The van der Waals surface area contributed by atoms with E-state index in [-0.39, 0.29) is 0 Å². The molecule has 18 heavy (non-hydrogen) atoms. The first-order chi connectivity index (χ1) is 8.90. The van der Waals surface area contributed by atoms with Crippen LogP contribution in [0.1, 0.15) is 43.9 Å². The third-order valence-corrected chi connectivity index (χ3v) is 3.99. The van der Waals surface area contributed by atoms with E-state index in [1.54, 1.807) is 11.3 Å². The first-order valence-electron chi connectivity index (χ1n) is 6.69. The van der Waals surface area contributed by atoms with Gasteiger partial charge in [0.05, 0.1) is 0 Å². The number of aryl methyl sites for hydroxylation is 1. The summed E-state index contributed by atoms with van der Waals surface area (Å²) in [6, 6.07) is 6.36. The summed E-state index contributed by atoms with van der Waals surface area (Å²) in [5, 5.41) is 1.26. The number of thiophene rings is 1. The van der Waals surface area contributed by atoms with Crippen LogP contribution in [0.2, 0.25) is 0 Å². The highest BCUT2D eigenvalue weighted by atomic mass is 32.1. The maximum atomic E-state index is 4.36. The van der Waals surface area contributed by atoms with E-state index >= 15 is 0 Å². The molecule has 0 bridgehead atoms. The summed E-state index contributed by atoms with van der Waals surface area (Å²) in [5.41, 5.74) is 0. The molecular formula is C16H19NS. The topological polar surface area (TPSA) is 12.9 Å². The lowest BCUT2D eigenvalue weighted by Crippen LogP contribution is -1.77. The second kappa shape index (κ2) is 7.18. The van der Waals surface area contributed by atoms with Crippen molar-refractivity contribution in [3.63, 3.8) is 0 Å². The van der Waals surface area contributed by atoms with E-state index in [9.17, 15) is 0 Å². The quantitative estimate of drug-likeness (QED) is 0.553. The highest BCUT2D eigenvalue weighted by molar-refractivity contribution is 7.18. The van der Waals surface area contributed by atoms with Crippen LogP contribution in [-0.4, -0.2) is 4.98 Å². The molecule has 2 aromatic heterocycles. The van der Waals surface area contributed by atoms with Crippen molar-refractivity contribution in [1.29, 1.82) is 0 Å². The SMILES string of the molecule is CCCCCC#CCCc1cc2cccnc2s1. The van der Waals surface area contributed by atoms with Gasteiger partial charge < -0.3 is 0 Å². The third kappa shape index (κ3) is 3.85. The first-order valence-corrected chi connectivity index (χ1v) is 7.51. The normalized spacial score (nSPS) is 10.3. The second-order valence-corrected chi connectivity index (χ2v) is 5.54. The van der Waals surface area contributed by atoms with Gasteiger partial charge >= 0.3 is 0 Å². The predicted molar refractivity (Wildman–Crippen MR) is 79.9 cm³/mol. The maximum Gasteiger partial charge on any atom is 0.123 e. The molecule has 2 aromatic rings. The molecule has 2 heteroatoms. The number of fused-ring (bicyclic) bond motifs is 1. The fourth-order valence-corrected chi connectivity index (χ4v) is 2.87. The van der Waals surface area contributed by atoms with Crippen LogP contribution >= 0.6 is 11.3 Å². The molecule has 2 rings (SSSR count). The summed E-state index contributed by atoms with van der Waals surface area (Å²) in [5.74, 6) is 6.54. The summed E-state index contributed by atoms with van der Waals surface area (Å²) in [7, 11) is 0. The molecule has 0 atom stereocenters. The summed E-state index contributed by atoms with van der Waals surface area (Å²) in [6.45, 7) is 2.23. The Labute approximate surface area is 113 Å². The number of nitrogens with zero attached hydrogens (tertiary/aromatic N) is 1. The van der Waals surface area contributed by atoms with Gasteiger partial charge in [0, 0.05) is 29.3 Å². The van der Waals surface area contributed by atoms with E-state index in [0.717, 1.165) is 24.1 Å². The average molecular weight is 257 g/mol. The molecule has 0 aliphatic heterocycles. The van der Waals surface area contributed by atoms with Gasteiger partial charge in [-0.15, -0.1) is 23.2 Å². The Bertz CT molecular complexity index is 512. The molecule has 94 valence electrons. The Morgan fingerprint density at radius 1 is 1.22 bits per heavy atom. The second-order valence-electron chi connectivity index (χ2n) is 4.42. The van der Waals surface area contributed by atoms with Crippen LogP contribution in [0.5, 0.6) is 0 Å². The molecule has 0 aliphatic carbocycles. The summed E-state index contributed by atoms with van der Waals surface area (Å²) in [6.07, 6.45) is 8.77. The number of hydrogen-bond donors (Lipinski definition) is 0. The molecule has 0 spiro atoms. The lowest BCUT2D eigenvalue weighted by Gasteiger charge is -1.90. The fourth-order valence-electron chi connectivity index (χ4n) is 1.87. The fraction of sp³-hybridized carbons (Fsp3) is 0.438. The lowest BCUT2D eigenvalue weighted by atomic mass is 10.2. The molecule has 0 saturated heterocycles. The molecule has 2 heterocycles. The van der Waals surface area contributed by atoms with Gasteiger partial charge in [-0.1, -0.05) is 25.8 Å². The molecule has 0 N–H and O–H groups in total. The Balaban J connectivity index is 1.79. The van der Waals surface area contributed by atoms with Gasteiger partial charge in [-0.3, -0.25) is 0 Å². The Hall–Kier alpha value is -1.33. The van der Waals surface area contributed by atoms with Gasteiger partial charge in [-0.25, -0.2) is 4.98 Å². The van der Waals surface area contributed by atoms with Gasteiger partial charge in [0.25, 0.3) is 0 Å². The van der Waals surface area contributed by atoms with Crippen LogP contribution < -0.4 is 0 Å². The van der Waals surface area contributed by atoms with Crippen molar-refractivity contribution in [3.8, 4) is 11.8 Å². The Kier molecular flexibility index (Phi) is 5.23. The van der Waals surface area contributed by atoms with E-state index in [1.165, 1.54) is 29.5 Å². The standard InChI is InChI=1S/C16H19NS/c1-2-3-4-5-6-7-8-11-15-13-14-10-9-12-17-16(14)18-15/h9-10,12-13H,2-5,8,11H2,1H3. The van der Waals surface area contributed by atoms with Crippen molar-refractivity contribution < 1.29 is 0 Å². The molecule has 0 aliphatic rings. The minimum atomic E-state index is 0.971. The average Bonchev–Trinajstić information content (AvgIpc) is 2.80. The predicted octanol–water partition coefficient (Wildman–Crippen LogP) is 4.81. The molecular weight excluding hydrogens is 238 g/mol. The van der Waals surface area contributed by atoms with Crippen molar-refractivity contribution in [2.24, 2.45) is 0 Å². The molecule has 0 unspecified atom stereocenters. The number of aromatic nitrogens is 1. The van der Waals surface area contributed by atoms with Crippen molar-refractivity contribution in [3.05, 3.63) is 29.3 Å². The van der Waals surface area contributed by atoms with Crippen molar-refractivity contribution >= 4 is 21.6 Å². The van der Waals surface area contributed by atoms with Gasteiger partial charge in [-0.2, -0.15) is 0 Å².